The van der Waals surface area contributed by atoms with E-state index in [1.54, 1.807) is 6.07 Å². The van der Waals surface area contributed by atoms with E-state index >= 15 is 0 Å². The molecule has 1 saturated carbocycles. The highest BCUT2D eigenvalue weighted by Gasteiger charge is 2.37. The fourth-order valence-electron chi connectivity index (χ4n) is 3.30. The lowest BCUT2D eigenvalue weighted by Crippen LogP contribution is -2.37. The monoisotopic (exact) mass is 245 g/mol. The fourth-order valence-corrected chi connectivity index (χ4v) is 3.30. The van der Waals surface area contributed by atoms with Gasteiger partial charge in [-0.1, -0.05) is 0 Å². The van der Waals surface area contributed by atoms with Gasteiger partial charge in [0.25, 0.3) is 0 Å². The summed E-state index contributed by atoms with van der Waals surface area (Å²) in [6.07, 6.45) is 3.52. The molecule has 3 rings (SSSR count). The molecule has 0 radical (unpaired) electrons. The summed E-state index contributed by atoms with van der Waals surface area (Å²) in [5, 5.41) is 6.93. The van der Waals surface area contributed by atoms with E-state index in [1.165, 1.54) is 24.1 Å². The van der Waals surface area contributed by atoms with Crippen LogP contribution in [0.15, 0.2) is 18.2 Å². The largest absolute Gasteiger partial charge is 0.381 e. The molecule has 0 bridgehead atoms. The van der Waals surface area contributed by atoms with Crippen LogP contribution in [0.4, 0.5) is 5.69 Å². The second kappa shape index (κ2) is 4.28. The zero-order valence-corrected chi connectivity index (χ0v) is 10.6. The number of nitrogens with one attached hydrogen (secondary N) is 2. The Morgan fingerprint density at radius 3 is 3.00 bits per heavy atom. The predicted molar refractivity (Wildman–Crippen MR) is 71.8 cm³/mol. The third-order valence-electron chi connectivity index (χ3n) is 4.33. The number of hydrogen-bond donors (Lipinski definition) is 3. The van der Waals surface area contributed by atoms with Gasteiger partial charge in [-0.2, -0.15) is 0 Å². The van der Waals surface area contributed by atoms with Gasteiger partial charge >= 0.3 is 0 Å². The molecule has 1 aromatic rings. The second-order valence-electron chi connectivity index (χ2n) is 5.32. The predicted octanol–water partition coefficient (Wildman–Crippen LogP) is 1.44. The maximum Gasteiger partial charge on any atom is 0.248 e. The third-order valence-corrected chi connectivity index (χ3v) is 4.33. The van der Waals surface area contributed by atoms with Crippen molar-refractivity contribution in [3.05, 3.63) is 29.3 Å². The highest BCUT2D eigenvalue weighted by molar-refractivity contribution is 5.93. The summed E-state index contributed by atoms with van der Waals surface area (Å²) in [5.41, 5.74) is 8.40. The van der Waals surface area contributed by atoms with Gasteiger partial charge in [0.2, 0.25) is 5.91 Å². The molecule has 4 N–H and O–H groups in total. The molecule has 18 heavy (non-hydrogen) atoms. The van der Waals surface area contributed by atoms with Crippen molar-refractivity contribution >= 4 is 11.6 Å². The first-order chi connectivity index (χ1) is 8.69. The lowest BCUT2D eigenvalue weighted by atomic mass is 9.80. The van der Waals surface area contributed by atoms with E-state index in [0.717, 1.165) is 6.42 Å². The Morgan fingerprint density at radius 2 is 2.28 bits per heavy atom. The summed E-state index contributed by atoms with van der Waals surface area (Å²) in [6.45, 7) is 0. The third kappa shape index (κ3) is 1.77. The Hall–Kier alpha value is -1.55. The smallest absolute Gasteiger partial charge is 0.248 e. The van der Waals surface area contributed by atoms with E-state index in [2.05, 4.69) is 10.6 Å². The molecule has 2 unspecified atom stereocenters. The first-order valence-electron chi connectivity index (χ1n) is 6.56. The minimum atomic E-state index is -0.345. The molecule has 1 aliphatic heterocycles. The number of amides is 1. The van der Waals surface area contributed by atoms with Crippen LogP contribution in [0.1, 0.15) is 41.1 Å². The van der Waals surface area contributed by atoms with E-state index in [1.807, 2.05) is 19.2 Å². The molecule has 1 aromatic carbocycles. The van der Waals surface area contributed by atoms with Crippen LogP contribution >= 0.6 is 0 Å². The van der Waals surface area contributed by atoms with Crippen LogP contribution in [-0.4, -0.2) is 25.0 Å². The summed E-state index contributed by atoms with van der Waals surface area (Å²) < 4.78 is 0. The number of fused-ring (bicyclic) bond motifs is 3. The van der Waals surface area contributed by atoms with Gasteiger partial charge in [-0.05, 0) is 50.1 Å². The Bertz CT molecular complexity index is 486. The highest BCUT2D eigenvalue weighted by atomic mass is 16.1. The molecule has 1 heterocycles. The van der Waals surface area contributed by atoms with Crippen molar-refractivity contribution in [2.24, 2.45) is 5.73 Å². The average Bonchev–Trinajstić information content (AvgIpc) is 2.75. The average molecular weight is 245 g/mol. The molecule has 0 spiro atoms. The molecule has 0 aromatic heterocycles. The Labute approximate surface area is 107 Å². The molecule has 1 fully saturated rings. The normalized spacial score (nSPS) is 29.3. The number of primary amides is 1. The lowest BCUT2D eigenvalue weighted by molar-refractivity contribution is 0.1000. The van der Waals surface area contributed by atoms with Crippen LogP contribution in [0, 0.1) is 0 Å². The summed E-state index contributed by atoms with van der Waals surface area (Å²) in [4.78, 5) is 11.3. The molecule has 3 atom stereocenters. The van der Waals surface area contributed by atoms with Crippen molar-refractivity contribution < 1.29 is 4.79 Å². The standard InChI is InChI=1S/C14H19N3O/c1-16-9-3-5-13-11(7-9)10-6-8(14(15)18)2-4-12(10)17-13/h2,4,6,9,11,13,16-17H,3,5,7H2,1H3,(H2,15,18)/t9-,11?,13?/m1/s1. The number of benzene rings is 1. The number of hydrogen-bond acceptors (Lipinski definition) is 3. The Balaban J connectivity index is 1.93. The van der Waals surface area contributed by atoms with Crippen LogP contribution < -0.4 is 16.4 Å². The number of anilines is 1. The number of nitrogens with two attached hydrogens (primary N) is 1. The van der Waals surface area contributed by atoms with E-state index in [-0.39, 0.29) is 5.91 Å². The summed E-state index contributed by atoms with van der Waals surface area (Å²) >= 11 is 0. The van der Waals surface area contributed by atoms with Gasteiger partial charge < -0.3 is 16.4 Å². The minimum Gasteiger partial charge on any atom is -0.381 e. The molecule has 4 heteroatoms. The summed E-state index contributed by atoms with van der Waals surface area (Å²) in [7, 11) is 2.02. The van der Waals surface area contributed by atoms with Gasteiger partial charge in [-0.15, -0.1) is 0 Å². The first-order valence-corrected chi connectivity index (χ1v) is 6.56. The molecule has 0 saturated heterocycles. The van der Waals surface area contributed by atoms with Gasteiger partial charge in [0.1, 0.15) is 0 Å². The first kappa shape index (κ1) is 11.5. The molecular weight excluding hydrogens is 226 g/mol. The van der Waals surface area contributed by atoms with Crippen LogP contribution in [0.3, 0.4) is 0 Å². The molecule has 4 nitrogen and oxygen atoms in total. The van der Waals surface area contributed by atoms with Crippen molar-refractivity contribution in [3.63, 3.8) is 0 Å². The Morgan fingerprint density at radius 1 is 1.44 bits per heavy atom. The van der Waals surface area contributed by atoms with Crippen molar-refractivity contribution in [2.75, 3.05) is 12.4 Å². The van der Waals surface area contributed by atoms with Crippen LogP contribution in [-0.2, 0) is 0 Å². The van der Waals surface area contributed by atoms with Crippen LogP contribution in [0.5, 0.6) is 0 Å². The topological polar surface area (TPSA) is 67.2 Å². The van der Waals surface area contributed by atoms with Gasteiger partial charge in [0.15, 0.2) is 0 Å². The van der Waals surface area contributed by atoms with E-state index in [4.69, 9.17) is 5.73 Å². The van der Waals surface area contributed by atoms with E-state index < -0.39 is 0 Å². The van der Waals surface area contributed by atoms with Gasteiger partial charge in [0.05, 0.1) is 0 Å². The quantitative estimate of drug-likeness (QED) is 0.738. The van der Waals surface area contributed by atoms with Crippen molar-refractivity contribution in [1.29, 1.82) is 0 Å². The second-order valence-corrected chi connectivity index (χ2v) is 5.32. The van der Waals surface area contributed by atoms with Crippen LogP contribution in [0.2, 0.25) is 0 Å². The Kier molecular flexibility index (Phi) is 2.74. The summed E-state index contributed by atoms with van der Waals surface area (Å²) in [6, 6.07) is 6.86. The maximum absolute atomic E-state index is 11.3. The number of carbonyl (C=O) groups excluding carboxylic acids is 1. The molecule has 1 amide bonds. The van der Waals surface area contributed by atoms with Gasteiger partial charge in [-0.25, -0.2) is 0 Å². The van der Waals surface area contributed by atoms with Gasteiger partial charge in [0, 0.05) is 29.3 Å². The number of rotatable bonds is 2. The maximum atomic E-state index is 11.3. The van der Waals surface area contributed by atoms with Crippen molar-refractivity contribution in [3.8, 4) is 0 Å². The zero-order chi connectivity index (χ0) is 12.7. The van der Waals surface area contributed by atoms with E-state index in [0.29, 0.717) is 23.6 Å². The SMILES string of the molecule is CN[C@@H]1CCC2Nc3ccc(C(N)=O)cc3C2C1. The lowest BCUT2D eigenvalue weighted by Gasteiger charge is -2.31. The molecule has 1 aliphatic carbocycles. The number of carbonyl (C=O) groups is 1. The van der Waals surface area contributed by atoms with Crippen LogP contribution in [0.25, 0.3) is 0 Å². The zero-order valence-electron chi connectivity index (χ0n) is 10.6. The molecule has 2 aliphatic rings. The summed E-state index contributed by atoms with van der Waals surface area (Å²) in [5.74, 6) is 0.160. The minimum absolute atomic E-state index is 0.345. The molecular formula is C14H19N3O. The van der Waals surface area contributed by atoms with E-state index in [9.17, 15) is 4.79 Å². The van der Waals surface area contributed by atoms with Crippen molar-refractivity contribution in [2.45, 2.75) is 37.3 Å². The molecule has 96 valence electrons. The fraction of sp³-hybridized carbons (Fsp3) is 0.500. The highest BCUT2D eigenvalue weighted by Crippen LogP contribution is 2.44. The van der Waals surface area contributed by atoms with Crippen molar-refractivity contribution in [1.82, 2.24) is 5.32 Å². The van der Waals surface area contributed by atoms with Gasteiger partial charge in [-0.3, -0.25) is 4.79 Å².